The molecule has 2 aliphatic rings. The Kier molecular flexibility index (Phi) is 8.21. The highest BCUT2D eigenvalue weighted by Gasteiger charge is 2.36. The molecule has 2 saturated carbocycles. The average Bonchev–Trinajstić information content (AvgIpc) is 2.86. The quantitative estimate of drug-likeness (QED) is 0.216. The molecule has 2 fully saturated rings. The highest BCUT2D eigenvalue weighted by Crippen LogP contribution is 2.48. The first-order valence-corrected chi connectivity index (χ1v) is 12.5. The molecule has 2 aliphatic carbocycles. The summed E-state index contributed by atoms with van der Waals surface area (Å²) in [5.74, 6) is 2.56. The molecule has 4 atom stereocenters. The van der Waals surface area contributed by atoms with Crippen LogP contribution in [0.2, 0.25) is 0 Å². The molecule has 34 heavy (non-hydrogen) atoms. The number of carbonyl (C=O) groups excluding carboxylic acids is 1. The standard InChI is InChI=1S/C30H35FO3/c1-3-5-6-21-7-8-23-19-24(10-9-22(23)18-21)25-11-16-28(29(31)20-25)30(32)34-27-14-12-26(13-15-27)33-17-4-2/h3-4,11-16,20-24H,1-2,5-10,17-19H2. The van der Waals surface area contributed by atoms with Crippen LogP contribution in [0.25, 0.3) is 0 Å². The van der Waals surface area contributed by atoms with Gasteiger partial charge in [0, 0.05) is 0 Å². The molecule has 0 heterocycles. The number of hydrogen-bond acceptors (Lipinski definition) is 3. The fourth-order valence-corrected chi connectivity index (χ4v) is 5.78. The minimum absolute atomic E-state index is 0.0350. The van der Waals surface area contributed by atoms with E-state index < -0.39 is 11.8 Å². The molecule has 0 amide bonds. The van der Waals surface area contributed by atoms with Gasteiger partial charge in [-0.15, -0.1) is 6.58 Å². The molecule has 2 aromatic carbocycles. The molecule has 0 bridgehead atoms. The van der Waals surface area contributed by atoms with Crippen molar-refractivity contribution in [3.8, 4) is 11.5 Å². The first-order valence-electron chi connectivity index (χ1n) is 12.5. The van der Waals surface area contributed by atoms with Gasteiger partial charge in [0.25, 0.3) is 0 Å². The summed E-state index contributed by atoms with van der Waals surface area (Å²) < 4.78 is 25.7. The summed E-state index contributed by atoms with van der Waals surface area (Å²) in [4.78, 5) is 12.6. The molecule has 0 spiro atoms. The van der Waals surface area contributed by atoms with Crippen LogP contribution < -0.4 is 9.47 Å². The Balaban J connectivity index is 1.34. The van der Waals surface area contributed by atoms with Crippen molar-refractivity contribution in [3.05, 3.63) is 84.7 Å². The monoisotopic (exact) mass is 462 g/mol. The van der Waals surface area contributed by atoms with Crippen LogP contribution >= 0.6 is 0 Å². The number of ether oxygens (including phenoxy) is 2. The van der Waals surface area contributed by atoms with Gasteiger partial charge in [0.2, 0.25) is 0 Å². The van der Waals surface area contributed by atoms with Crippen molar-refractivity contribution in [2.75, 3.05) is 6.61 Å². The fourth-order valence-electron chi connectivity index (χ4n) is 5.78. The van der Waals surface area contributed by atoms with Gasteiger partial charge in [0.1, 0.15) is 23.9 Å². The topological polar surface area (TPSA) is 35.5 Å². The Hall–Kier alpha value is -2.88. The minimum Gasteiger partial charge on any atom is -0.490 e. The number of fused-ring (bicyclic) bond motifs is 1. The number of esters is 1. The van der Waals surface area contributed by atoms with E-state index in [9.17, 15) is 9.18 Å². The molecule has 4 rings (SSSR count). The van der Waals surface area contributed by atoms with Crippen molar-refractivity contribution in [1.29, 1.82) is 0 Å². The minimum atomic E-state index is -0.689. The first-order chi connectivity index (χ1) is 16.6. The number of allylic oxidation sites excluding steroid dienone is 1. The molecule has 0 radical (unpaired) electrons. The van der Waals surface area contributed by atoms with E-state index in [0.29, 0.717) is 24.0 Å². The molecular weight excluding hydrogens is 427 g/mol. The number of hydrogen-bond donors (Lipinski definition) is 0. The molecule has 0 aliphatic heterocycles. The zero-order valence-electron chi connectivity index (χ0n) is 19.9. The van der Waals surface area contributed by atoms with Crippen molar-refractivity contribution in [2.45, 2.75) is 57.3 Å². The van der Waals surface area contributed by atoms with Crippen molar-refractivity contribution < 1.29 is 18.7 Å². The van der Waals surface area contributed by atoms with E-state index in [4.69, 9.17) is 9.47 Å². The number of rotatable bonds is 9. The maximum absolute atomic E-state index is 14.9. The zero-order valence-corrected chi connectivity index (χ0v) is 19.9. The lowest BCUT2D eigenvalue weighted by Gasteiger charge is -2.42. The van der Waals surface area contributed by atoms with Crippen LogP contribution in [0.5, 0.6) is 11.5 Å². The van der Waals surface area contributed by atoms with Gasteiger partial charge in [-0.2, -0.15) is 0 Å². The Labute approximate surface area is 202 Å². The summed E-state index contributed by atoms with van der Waals surface area (Å²) in [6.07, 6.45) is 13.5. The maximum Gasteiger partial charge on any atom is 0.346 e. The lowest BCUT2D eigenvalue weighted by atomic mass is 9.63. The molecule has 4 heteroatoms. The van der Waals surface area contributed by atoms with Crippen LogP contribution in [0.15, 0.2) is 67.8 Å². The third kappa shape index (κ3) is 5.97. The third-order valence-electron chi connectivity index (χ3n) is 7.59. The summed E-state index contributed by atoms with van der Waals surface area (Å²) >= 11 is 0. The van der Waals surface area contributed by atoms with E-state index >= 15 is 0 Å². The predicted octanol–water partition coefficient (Wildman–Crippen LogP) is 7.88. The lowest BCUT2D eigenvalue weighted by molar-refractivity contribution is 0.0729. The van der Waals surface area contributed by atoms with Gasteiger partial charge in [0.15, 0.2) is 0 Å². The van der Waals surface area contributed by atoms with Gasteiger partial charge in [-0.25, -0.2) is 9.18 Å². The van der Waals surface area contributed by atoms with E-state index in [2.05, 4.69) is 13.2 Å². The largest absolute Gasteiger partial charge is 0.490 e. The summed E-state index contributed by atoms with van der Waals surface area (Å²) in [6, 6.07) is 11.7. The van der Waals surface area contributed by atoms with Crippen molar-refractivity contribution in [1.82, 2.24) is 0 Å². The Morgan fingerprint density at radius 3 is 2.41 bits per heavy atom. The van der Waals surface area contributed by atoms with Gasteiger partial charge >= 0.3 is 5.97 Å². The number of halogens is 1. The third-order valence-corrected chi connectivity index (χ3v) is 7.59. The SMILES string of the molecule is C=CCCC1CCC2CC(c3ccc(C(=O)Oc4ccc(OCC=C)cc4)c(F)c3)CCC2C1. The summed E-state index contributed by atoms with van der Waals surface area (Å²) in [5.41, 5.74) is 0.970. The second-order valence-electron chi connectivity index (χ2n) is 9.78. The molecule has 3 nitrogen and oxygen atoms in total. The van der Waals surface area contributed by atoms with Gasteiger partial charge in [-0.3, -0.25) is 0 Å². The van der Waals surface area contributed by atoms with Gasteiger partial charge in [0.05, 0.1) is 5.56 Å². The smallest absolute Gasteiger partial charge is 0.346 e. The summed E-state index contributed by atoms with van der Waals surface area (Å²) in [5, 5.41) is 0. The first kappa shape index (κ1) is 24.3. The Morgan fingerprint density at radius 2 is 1.68 bits per heavy atom. The highest BCUT2D eigenvalue weighted by molar-refractivity contribution is 5.91. The van der Waals surface area contributed by atoms with Crippen molar-refractivity contribution in [2.24, 2.45) is 17.8 Å². The Morgan fingerprint density at radius 1 is 0.941 bits per heavy atom. The lowest BCUT2D eigenvalue weighted by Crippen LogP contribution is -2.30. The van der Waals surface area contributed by atoms with Crippen LogP contribution in [0, 0.1) is 23.6 Å². The van der Waals surface area contributed by atoms with Gasteiger partial charge in [-0.05, 0) is 111 Å². The molecule has 0 saturated heterocycles. The van der Waals surface area contributed by atoms with Gasteiger partial charge in [-0.1, -0.05) is 31.2 Å². The molecule has 0 aromatic heterocycles. The fraction of sp³-hybridized carbons (Fsp3) is 0.433. The molecule has 2 aromatic rings. The highest BCUT2D eigenvalue weighted by atomic mass is 19.1. The summed E-state index contributed by atoms with van der Waals surface area (Å²) in [7, 11) is 0. The second-order valence-corrected chi connectivity index (χ2v) is 9.78. The van der Waals surface area contributed by atoms with Crippen LogP contribution in [-0.4, -0.2) is 12.6 Å². The zero-order chi connectivity index (χ0) is 23.9. The summed E-state index contributed by atoms with van der Waals surface area (Å²) in [6.45, 7) is 7.87. The van der Waals surface area contributed by atoms with E-state index in [1.165, 1.54) is 32.1 Å². The average molecular weight is 463 g/mol. The number of benzene rings is 2. The van der Waals surface area contributed by atoms with E-state index in [0.717, 1.165) is 42.6 Å². The van der Waals surface area contributed by atoms with Crippen molar-refractivity contribution >= 4 is 5.97 Å². The van der Waals surface area contributed by atoms with E-state index in [-0.39, 0.29) is 5.56 Å². The van der Waals surface area contributed by atoms with E-state index in [1.807, 2.05) is 12.1 Å². The Bertz CT molecular complexity index is 997. The molecular formula is C30H35FO3. The molecule has 180 valence electrons. The molecule has 4 unspecified atom stereocenters. The van der Waals surface area contributed by atoms with Crippen LogP contribution in [0.3, 0.4) is 0 Å². The molecule has 0 N–H and O–H groups in total. The van der Waals surface area contributed by atoms with E-state index in [1.54, 1.807) is 42.5 Å². The van der Waals surface area contributed by atoms with Crippen molar-refractivity contribution in [3.63, 3.8) is 0 Å². The maximum atomic E-state index is 14.9. The van der Waals surface area contributed by atoms with Crippen LogP contribution in [0.4, 0.5) is 4.39 Å². The number of carbonyl (C=O) groups is 1. The second kappa shape index (κ2) is 11.5. The van der Waals surface area contributed by atoms with Gasteiger partial charge < -0.3 is 9.47 Å². The van der Waals surface area contributed by atoms with Crippen LogP contribution in [0.1, 0.15) is 73.2 Å². The normalized spacial score (nSPS) is 24.0. The van der Waals surface area contributed by atoms with Crippen LogP contribution in [-0.2, 0) is 0 Å². The predicted molar refractivity (Wildman–Crippen MR) is 134 cm³/mol.